The Morgan fingerprint density at radius 3 is 2.67 bits per heavy atom. The molecular weight excluding hydrogens is 547 g/mol. The highest BCUT2D eigenvalue weighted by atomic mass is 19.1. The van der Waals surface area contributed by atoms with E-state index in [-0.39, 0.29) is 34.0 Å². The van der Waals surface area contributed by atoms with E-state index < -0.39 is 17.2 Å². The van der Waals surface area contributed by atoms with Gasteiger partial charge in [0.05, 0.1) is 16.7 Å². The smallest absolute Gasteiger partial charge is 0.256 e. The summed E-state index contributed by atoms with van der Waals surface area (Å²) in [7, 11) is 2.10. The van der Waals surface area contributed by atoms with Crippen molar-refractivity contribution in [1.82, 2.24) is 14.8 Å². The number of aromatic nitrogens is 1. The van der Waals surface area contributed by atoms with Crippen molar-refractivity contribution in [2.24, 2.45) is 0 Å². The average molecular weight is 585 g/mol. The fraction of sp³-hybridized carbons (Fsp3) is 0.412. The predicted octanol–water partition coefficient (Wildman–Crippen LogP) is 5.97. The van der Waals surface area contributed by atoms with Crippen LogP contribution in [0.4, 0.5) is 10.1 Å². The number of nitrogens with one attached hydrogen (secondary N) is 2. The minimum absolute atomic E-state index is 0.0227. The van der Waals surface area contributed by atoms with Crippen LogP contribution in [0.15, 0.2) is 53.5 Å². The summed E-state index contributed by atoms with van der Waals surface area (Å²) in [5.41, 5.74) is 0.443. The highest BCUT2D eigenvalue weighted by molar-refractivity contribution is 6.02. The zero-order valence-corrected chi connectivity index (χ0v) is 24.8. The van der Waals surface area contributed by atoms with E-state index >= 15 is 4.39 Å². The van der Waals surface area contributed by atoms with Crippen LogP contribution in [-0.4, -0.2) is 59.8 Å². The van der Waals surface area contributed by atoms with Crippen LogP contribution in [0, 0.1) is 5.82 Å². The fourth-order valence-electron chi connectivity index (χ4n) is 6.95. The van der Waals surface area contributed by atoms with Crippen molar-refractivity contribution >= 4 is 33.3 Å². The standard InChI is InChI=1S/C34H37FN4O4/c1-34(2)18-22(11-14-42-34)37-29-26(35)17-24-30-32(29)43-28-16-21-8-5-4-7-20(21)15-27(28)39(30)19-25(31(24)40)33(41)36-12-10-23-9-6-13-38(23)3/h4-5,7-8,15-17,19,22-23,37H,6,9-14,18H2,1-3H3,(H,36,41). The number of hydrogen-bond acceptors (Lipinski definition) is 6. The van der Waals surface area contributed by atoms with Gasteiger partial charge in [0.1, 0.15) is 16.8 Å². The van der Waals surface area contributed by atoms with Crippen molar-refractivity contribution in [2.75, 3.05) is 32.1 Å². The lowest BCUT2D eigenvalue weighted by Crippen LogP contribution is -2.40. The normalized spacial score (nSPS) is 21.0. The van der Waals surface area contributed by atoms with Crippen LogP contribution in [0.3, 0.4) is 0 Å². The lowest BCUT2D eigenvalue weighted by atomic mass is 9.93. The second-order valence-electron chi connectivity index (χ2n) is 12.7. The van der Waals surface area contributed by atoms with Gasteiger partial charge in [-0.2, -0.15) is 0 Å². The first-order valence-electron chi connectivity index (χ1n) is 15.2. The molecule has 7 rings (SSSR count). The Morgan fingerprint density at radius 2 is 1.93 bits per heavy atom. The summed E-state index contributed by atoms with van der Waals surface area (Å²) in [5.74, 6) is -0.289. The number of nitrogens with zero attached hydrogens (tertiary/aromatic N) is 2. The number of anilines is 1. The van der Waals surface area contributed by atoms with Crippen LogP contribution in [-0.2, 0) is 4.74 Å². The molecule has 0 spiro atoms. The zero-order chi connectivity index (χ0) is 29.9. The molecule has 3 aromatic carbocycles. The van der Waals surface area contributed by atoms with Gasteiger partial charge in [-0.05, 0) is 88.5 Å². The second kappa shape index (κ2) is 10.6. The van der Waals surface area contributed by atoms with Gasteiger partial charge in [-0.15, -0.1) is 0 Å². The van der Waals surface area contributed by atoms with Gasteiger partial charge in [0.15, 0.2) is 17.3 Å². The number of benzene rings is 3. The lowest BCUT2D eigenvalue weighted by Gasteiger charge is -2.37. The minimum Gasteiger partial charge on any atom is -0.451 e. The van der Waals surface area contributed by atoms with E-state index in [1.165, 1.54) is 6.07 Å². The van der Waals surface area contributed by atoms with E-state index in [0.29, 0.717) is 49.0 Å². The van der Waals surface area contributed by atoms with Crippen molar-refractivity contribution in [1.29, 1.82) is 0 Å². The highest BCUT2D eigenvalue weighted by Crippen LogP contribution is 2.47. The van der Waals surface area contributed by atoms with E-state index in [9.17, 15) is 9.59 Å². The number of likely N-dealkylation sites (tertiary alicyclic amines) is 1. The molecular formula is C34H37FN4O4. The Kier molecular flexibility index (Phi) is 6.90. The molecule has 0 radical (unpaired) electrons. The van der Waals surface area contributed by atoms with E-state index in [0.717, 1.165) is 36.6 Å². The average Bonchev–Trinajstić information content (AvgIpc) is 3.38. The summed E-state index contributed by atoms with van der Waals surface area (Å²) in [6, 6.07) is 13.4. The van der Waals surface area contributed by atoms with Gasteiger partial charge in [-0.3, -0.25) is 9.59 Å². The SMILES string of the molecule is CN1CCCC1CCNC(=O)c1cn2c3c(c(NC4CCOC(C)(C)C4)c(F)cc3c1=O)Oc1cc3ccccc3cc1-2. The Labute approximate surface area is 249 Å². The summed E-state index contributed by atoms with van der Waals surface area (Å²) in [5, 5.41) is 8.38. The minimum atomic E-state index is -0.596. The molecule has 0 saturated carbocycles. The molecule has 4 aromatic rings. The third-order valence-corrected chi connectivity index (χ3v) is 9.22. The maximum atomic E-state index is 16.0. The van der Waals surface area contributed by atoms with Crippen LogP contribution >= 0.6 is 0 Å². The van der Waals surface area contributed by atoms with E-state index in [1.54, 1.807) is 6.20 Å². The number of rotatable bonds is 6. The zero-order valence-electron chi connectivity index (χ0n) is 24.8. The molecule has 3 aliphatic rings. The Bertz CT molecular complexity index is 1820. The van der Waals surface area contributed by atoms with Crippen LogP contribution in [0.25, 0.3) is 27.4 Å². The highest BCUT2D eigenvalue weighted by Gasteiger charge is 2.33. The number of hydrogen-bond donors (Lipinski definition) is 2. The molecule has 2 unspecified atom stereocenters. The number of carbonyl (C=O) groups excluding carboxylic acids is 1. The third kappa shape index (κ3) is 5.04. The molecule has 2 atom stereocenters. The van der Waals surface area contributed by atoms with Crippen molar-refractivity contribution in [3.63, 3.8) is 0 Å². The van der Waals surface area contributed by atoms with Crippen LogP contribution in [0.5, 0.6) is 11.5 Å². The topological polar surface area (TPSA) is 84.8 Å². The molecule has 1 amide bonds. The number of ether oxygens (including phenoxy) is 2. The van der Waals surface area contributed by atoms with Gasteiger partial charge >= 0.3 is 0 Å². The van der Waals surface area contributed by atoms with Gasteiger partial charge in [0.25, 0.3) is 5.91 Å². The Hall–Kier alpha value is -3.95. The lowest BCUT2D eigenvalue weighted by molar-refractivity contribution is -0.0553. The fourth-order valence-corrected chi connectivity index (χ4v) is 6.95. The molecule has 1 aromatic heterocycles. The Morgan fingerprint density at radius 1 is 1.14 bits per heavy atom. The van der Waals surface area contributed by atoms with Crippen molar-refractivity contribution in [3.8, 4) is 17.2 Å². The van der Waals surface area contributed by atoms with Crippen LogP contribution in [0.2, 0.25) is 0 Å². The largest absolute Gasteiger partial charge is 0.451 e. The first-order valence-corrected chi connectivity index (χ1v) is 15.2. The maximum Gasteiger partial charge on any atom is 0.256 e. The third-order valence-electron chi connectivity index (χ3n) is 9.22. The molecule has 224 valence electrons. The molecule has 0 aliphatic carbocycles. The first kappa shape index (κ1) is 27.9. The van der Waals surface area contributed by atoms with Gasteiger partial charge in [-0.25, -0.2) is 4.39 Å². The number of pyridine rings is 1. The van der Waals surface area contributed by atoms with E-state index in [2.05, 4.69) is 22.6 Å². The van der Waals surface area contributed by atoms with Gasteiger partial charge in [0.2, 0.25) is 5.43 Å². The maximum absolute atomic E-state index is 16.0. The van der Waals surface area contributed by atoms with Crippen LogP contribution < -0.4 is 20.8 Å². The molecule has 8 nitrogen and oxygen atoms in total. The Balaban J connectivity index is 1.34. The quantitative estimate of drug-likeness (QED) is 0.256. The summed E-state index contributed by atoms with van der Waals surface area (Å²) >= 11 is 0. The molecule has 4 heterocycles. The van der Waals surface area contributed by atoms with Crippen LogP contribution in [0.1, 0.15) is 56.3 Å². The summed E-state index contributed by atoms with van der Waals surface area (Å²) < 4.78 is 30.1. The molecule has 2 fully saturated rings. The van der Waals surface area contributed by atoms with Gasteiger partial charge < -0.3 is 29.6 Å². The monoisotopic (exact) mass is 584 g/mol. The molecule has 9 heteroatoms. The van der Waals surface area contributed by atoms with Gasteiger partial charge in [0, 0.05) is 31.4 Å². The summed E-state index contributed by atoms with van der Waals surface area (Å²) in [6.07, 6.45) is 6.04. The number of carbonyl (C=O) groups is 1. The number of halogens is 1. The number of amides is 1. The molecule has 43 heavy (non-hydrogen) atoms. The van der Waals surface area contributed by atoms with E-state index in [1.807, 2.05) is 54.8 Å². The van der Waals surface area contributed by atoms with Crippen molar-refractivity contribution < 1.29 is 18.7 Å². The molecule has 2 saturated heterocycles. The summed E-state index contributed by atoms with van der Waals surface area (Å²) in [6.45, 7) is 6.12. The predicted molar refractivity (Wildman–Crippen MR) is 166 cm³/mol. The van der Waals surface area contributed by atoms with Crippen molar-refractivity contribution in [3.05, 3.63) is 70.3 Å². The molecule has 2 N–H and O–H groups in total. The second-order valence-corrected chi connectivity index (χ2v) is 12.7. The van der Waals surface area contributed by atoms with Crippen molar-refractivity contribution in [2.45, 2.75) is 63.6 Å². The first-order chi connectivity index (χ1) is 20.7. The molecule has 3 aliphatic heterocycles. The summed E-state index contributed by atoms with van der Waals surface area (Å²) in [4.78, 5) is 29.6. The van der Waals surface area contributed by atoms with Gasteiger partial charge in [-0.1, -0.05) is 24.3 Å². The number of fused-ring (bicyclic) bond motifs is 3. The molecule has 0 bridgehead atoms. The van der Waals surface area contributed by atoms with E-state index in [4.69, 9.17) is 9.47 Å².